The fourth-order valence-corrected chi connectivity index (χ4v) is 1.98. The average Bonchev–Trinajstić information content (AvgIpc) is 2.46. The number of hydrogen-bond donors (Lipinski definition) is 1. The molecule has 19 heavy (non-hydrogen) atoms. The van der Waals surface area contributed by atoms with Crippen molar-refractivity contribution in [2.24, 2.45) is 0 Å². The van der Waals surface area contributed by atoms with Gasteiger partial charge in [0.05, 0.1) is 23.7 Å². The summed E-state index contributed by atoms with van der Waals surface area (Å²) in [7, 11) is 1.68. The van der Waals surface area contributed by atoms with E-state index in [-0.39, 0.29) is 11.6 Å². The maximum absolute atomic E-state index is 12.4. The third kappa shape index (κ3) is 2.82. The number of non-ortho nitro benzene ring substituents is 1. The second kappa shape index (κ2) is 5.66. The van der Waals surface area contributed by atoms with Gasteiger partial charge in [0.25, 0.3) is 11.6 Å². The maximum Gasteiger partial charge on any atom is 0.270 e. The van der Waals surface area contributed by atoms with E-state index in [4.69, 9.17) is 4.74 Å². The number of nitro benzene ring substituents is 1. The van der Waals surface area contributed by atoms with Crippen LogP contribution >= 0.6 is 0 Å². The standard InChI is InChI=1S/C12H15N3O4/c1-13-11-3-2-9(15(17)18)8-10(11)12(16)14-4-6-19-7-5-14/h2-3,8,13H,4-7H2,1H3. The number of amides is 1. The van der Waals surface area contributed by atoms with Crippen molar-refractivity contribution in [1.82, 2.24) is 4.90 Å². The highest BCUT2D eigenvalue weighted by Crippen LogP contribution is 2.23. The number of rotatable bonds is 3. The van der Waals surface area contributed by atoms with Gasteiger partial charge in [0.2, 0.25) is 0 Å². The highest BCUT2D eigenvalue weighted by Gasteiger charge is 2.23. The van der Waals surface area contributed by atoms with Crippen molar-refractivity contribution in [3.63, 3.8) is 0 Å². The molecular formula is C12H15N3O4. The Morgan fingerprint density at radius 2 is 2.11 bits per heavy atom. The van der Waals surface area contributed by atoms with Gasteiger partial charge >= 0.3 is 0 Å². The van der Waals surface area contributed by atoms with Crippen LogP contribution in [0.25, 0.3) is 0 Å². The van der Waals surface area contributed by atoms with Gasteiger partial charge in [-0.15, -0.1) is 0 Å². The number of nitro groups is 1. The monoisotopic (exact) mass is 265 g/mol. The van der Waals surface area contributed by atoms with Crippen LogP contribution in [0.1, 0.15) is 10.4 Å². The van der Waals surface area contributed by atoms with Gasteiger partial charge in [-0.3, -0.25) is 14.9 Å². The van der Waals surface area contributed by atoms with E-state index in [1.54, 1.807) is 18.0 Å². The number of anilines is 1. The molecule has 1 saturated heterocycles. The van der Waals surface area contributed by atoms with Crippen LogP contribution in [0.2, 0.25) is 0 Å². The molecule has 1 amide bonds. The molecule has 1 N–H and O–H groups in total. The van der Waals surface area contributed by atoms with E-state index in [0.29, 0.717) is 37.6 Å². The Morgan fingerprint density at radius 1 is 1.42 bits per heavy atom. The molecule has 7 nitrogen and oxygen atoms in total. The van der Waals surface area contributed by atoms with Gasteiger partial charge in [-0.1, -0.05) is 0 Å². The number of benzene rings is 1. The first-order valence-electron chi connectivity index (χ1n) is 5.96. The van der Waals surface area contributed by atoms with Gasteiger partial charge in [0, 0.05) is 38.0 Å². The van der Waals surface area contributed by atoms with E-state index in [2.05, 4.69) is 5.32 Å². The molecule has 1 fully saturated rings. The zero-order chi connectivity index (χ0) is 13.8. The van der Waals surface area contributed by atoms with Crippen LogP contribution in [0.3, 0.4) is 0 Å². The van der Waals surface area contributed by atoms with Crippen LogP contribution in [0.15, 0.2) is 18.2 Å². The molecule has 0 aliphatic carbocycles. The SMILES string of the molecule is CNc1ccc([N+](=O)[O-])cc1C(=O)N1CCOCC1. The van der Waals surface area contributed by atoms with Crippen molar-refractivity contribution in [3.8, 4) is 0 Å². The molecule has 0 spiro atoms. The minimum Gasteiger partial charge on any atom is -0.387 e. The summed E-state index contributed by atoms with van der Waals surface area (Å²) in [5.41, 5.74) is 0.816. The molecule has 1 aliphatic rings. The lowest BCUT2D eigenvalue weighted by Crippen LogP contribution is -2.40. The third-order valence-electron chi connectivity index (χ3n) is 3.01. The minimum absolute atomic E-state index is 0.0874. The topological polar surface area (TPSA) is 84.7 Å². The van der Waals surface area contributed by atoms with Crippen molar-refractivity contribution in [2.75, 3.05) is 38.7 Å². The van der Waals surface area contributed by atoms with Crippen LogP contribution in [0.5, 0.6) is 0 Å². The van der Waals surface area contributed by atoms with Crippen LogP contribution in [0, 0.1) is 10.1 Å². The minimum atomic E-state index is -0.504. The van der Waals surface area contributed by atoms with E-state index < -0.39 is 4.92 Å². The molecule has 2 rings (SSSR count). The lowest BCUT2D eigenvalue weighted by Gasteiger charge is -2.27. The van der Waals surface area contributed by atoms with E-state index in [1.807, 2.05) is 0 Å². The van der Waals surface area contributed by atoms with Gasteiger partial charge in [-0.05, 0) is 6.07 Å². The Morgan fingerprint density at radius 3 is 2.68 bits per heavy atom. The quantitative estimate of drug-likeness (QED) is 0.653. The molecule has 0 saturated carbocycles. The zero-order valence-electron chi connectivity index (χ0n) is 10.6. The van der Waals surface area contributed by atoms with Crippen LogP contribution in [0.4, 0.5) is 11.4 Å². The molecule has 0 radical (unpaired) electrons. The van der Waals surface area contributed by atoms with Crippen molar-refractivity contribution in [3.05, 3.63) is 33.9 Å². The lowest BCUT2D eigenvalue weighted by atomic mass is 10.1. The molecule has 1 aromatic carbocycles. The summed E-state index contributed by atoms with van der Waals surface area (Å²) in [5, 5.41) is 13.7. The fourth-order valence-electron chi connectivity index (χ4n) is 1.98. The van der Waals surface area contributed by atoms with Gasteiger partial charge in [-0.2, -0.15) is 0 Å². The zero-order valence-corrected chi connectivity index (χ0v) is 10.6. The summed E-state index contributed by atoms with van der Waals surface area (Å²) >= 11 is 0. The third-order valence-corrected chi connectivity index (χ3v) is 3.01. The second-order valence-electron chi connectivity index (χ2n) is 4.14. The average molecular weight is 265 g/mol. The Bertz CT molecular complexity index is 498. The van der Waals surface area contributed by atoms with E-state index in [0.717, 1.165) is 0 Å². The Labute approximate surface area is 110 Å². The summed E-state index contributed by atoms with van der Waals surface area (Å²) in [6.45, 7) is 2.00. The Kier molecular flexibility index (Phi) is 3.96. The highest BCUT2D eigenvalue weighted by molar-refractivity contribution is 6.00. The number of carbonyl (C=O) groups is 1. The highest BCUT2D eigenvalue weighted by atomic mass is 16.6. The first-order valence-corrected chi connectivity index (χ1v) is 5.96. The van der Waals surface area contributed by atoms with Crippen LogP contribution in [-0.4, -0.2) is 49.1 Å². The normalized spacial score (nSPS) is 15.1. The number of nitrogens with one attached hydrogen (secondary N) is 1. The Balaban J connectivity index is 2.32. The molecule has 1 heterocycles. The largest absolute Gasteiger partial charge is 0.387 e. The van der Waals surface area contributed by atoms with Gasteiger partial charge in [0.1, 0.15) is 0 Å². The van der Waals surface area contributed by atoms with Crippen molar-refractivity contribution < 1.29 is 14.5 Å². The van der Waals surface area contributed by atoms with E-state index in [1.165, 1.54) is 12.1 Å². The van der Waals surface area contributed by atoms with Crippen molar-refractivity contribution in [2.45, 2.75) is 0 Å². The van der Waals surface area contributed by atoms with Crippen molar-refractivity contribution >= 4 is 17.3 Å². The van der Waals surface area contributed by atoms with E-state index >= 15 is 0 Å². The molecule has 0 bridgehead atoms. The Hall–Kier alpha value is -2.15. The van der Waals surface area contributed by atoms with Crippen LogP contribution < -0.4 is 5.32 Å². The number of nitrogens with zero attached hydrogens (tertiary/aromatic N) is 2. The van der Waals surface area contributed by atoms with Gasteiger partial charge < -0.3 is 15.0 Å². The molecule has 1 aliphatic heterocycles. The molecule has 7 heteroatoms. The fraction of sp³-hybridized carbons (Fsp3) is 0.417. The second-order valence-corrected chi connectivity index (χ2v) is 4.14. The summed E-state index contributed by atoms with van der Waals surface area (Å²) in [5.74, 6) is -0.212. The summed E-state index contributed by atoms with van der Waals surface area (Å²) in [4.78, 5) is 24.3. The first-order chi connectivity index (χ1) is 9.13. The maximum atomic E-state index is 12.4. The molecule has 1 aromatic rings. The van der Waals surface area contributed by atoms with Gasteiger partial charge in [-0.25, -0.2) is 0 Å². The van der Waals surface area contributed by atoms with Crippen LogP contribution in [-0.2, 0) is 4.74 Å². The predicted octanol–water partition coefficient (Wildman–Crippen LogP) is 1.11. The summed E-state index contributed by atoms with van der Waals surface area (Å²) in [6.07, 6.45) is 0. The molecule has 0 atom stereocenters. The molecule has 0 unspecified atom stereocenters. The number of ether oxygens (including phenoxy) is 1. The van der Waals surface area contributed by atoms with Gasteiger partial charge in [0.15, 0.2) is 0 Å². The molecular weight excluding hydrogens is 250 g/mol. The number of hydrogen-bond acceptors (Lipinski definition) is 5. The van der Waals surface area contributed by atoms with E-state index in [9.17, 15) is 14.9 Å². The smallest absolute Gasteiger partial charge is 0.270 e. The molecule has 0 aromatic heterocycles. The molecule has 102 valence electrons. The summed E-state index contributed by atoms with van der Waals surface area (Å²) < 4.78 is 5.19. The summed E-state index contributed by atoms with van der Waals surface area (Å²) in [6, 6.07) is 4.23. The first kappa shape index (κ1) is 13.3. The predicted molar refractivity (Wildman–Crippen MR) is 69.4 cm³/mol. The van der Waals surface area contributed by atoms with Crippen molar-refractivity contribution in [1.29, 1.82) is 0 Å². The number of carbonyl (C=O) groups excluding carboxylic acids is 1. The lowest BCUT2D eigenvalue weighted by molar-refractivity contribution is -0.384. The number of morpholine rings is 1.